The summed E-state index contributed by atoms with van der Waals surface area (Å²) in [4.78, 5) is -3.87. The van der Waals surface area contributed by atoms with E-state index in [0.717, 1.165) is 37.4 Å². The fourth-order valence-electron chi connectivity index (χ4n) is 4.17. The summed E-state index contributed by atoms with van der Waals surface area (Å²) in [5, 5.41) is 23.3. The third-order valence-corrected chi connectivity index (χ3v) is 9.41. The molecule has 4 aromatic carbocycles. The van der Waals surface area contributed by atoms with E-state index in [9.17, 15) is 57.0 Å². The first-order chi connectivity index (χ1) is 19.7. The highest BCUT2D eigenvalue weighted by Crippen LogP contribution is 2.48. The van der Waals surface area contributed by atoms with E-state index in [4.69, 9.17) is 5.73 Å². The molecule has 228 valence electrons. The number of nitrogens with zero attached hydrogens (tertiary/aromatic N) is 4. The Labute approximate surface area is 242 Å². The van der Waals surface area contributed by atoms with Crippen molar-refractivity contribution in [3.63, 3.8) is 0 Å². The van der Waals surface area contributed by atoms with Crippen LogP contribution >= 0.6 is 0 Å². The van der Waals surface area contributed by atoms with Crippen molar-refractivity contribution in [3.8, 4) is 5.75 Å². The van der Waals surface area contributed by atoms with E-state index in [1.807, 2.05) is 0 Å². The zero-order chi connectivity index (χ0) is 32.3. The number of phenolic OH excluding ortho intramolecular Hbond substituents is 1. The number of benzene rings is 4. The van der Waals surface area contributed by atoms with Crippen LogP contribution in [0.5, 0.6) is 5.75 Å². The van der Waals surface area contributed by atoms with Crippen molar-refractivity contribution in [1.29, 1.82) is 0 Å². The molecule has 0 amide bonds. The average molecular weight is 676 g/mol. The first kappa shape index (κ1) is 31.8. The molecule has 4 aromatic rings. The van der Waals surface area contributed by atoms with Gasteiger partial charge in [0, 0.05) is 17.8 Å². The maximum atomic E-state index is 12.3. The van der Waals surface area contributed by atoms with E-state index >= 15 is 0 Å². The summed E-state index contributed by atoms with van der Waals surface area (Å²) in [6.45, 7) is 0. The van der Waals surface area contributed by atoms with Crippen LogP contribution < -0.4 is 5.73 Å². The highest BCUT2D eigenvalue weighted by atomic mass is 32.2. The summed E-state index contributed by atoms with van der Waals surface area (Å²) in [6.07, 6.45) is 0. The van der Waals surface area contributed by atoms with Crippen LogP contribution in [-0.4, -0.2) is 64.0 Å². The van der Waals surface area contributed by atoms with Gasteiger partial charge in [-0.2, -0.15) is 43.9 Å². The highest BCUT2D eigenvalue weighted by molar-refractivity contribution is 7.87. The number of fused-ring (bicyclic) bond motifs is 2. The average Bonchev–Trinajstić information content (AvgIpc) is 2.86. The standard InChI is InChI=1S/C21H17N5O13S4/c1-23-25-18-14(41(31,32)33)7-9-8-15(42(34,35)36)19(20(27)16(9)17(18)22)26-24-12-6-5-10-11(21(12)43(37,38)39)3-2-4-13(10)40(28,29)30/h2-8,27H,22H2,1H3,(H,28,29,30)(H,31,32,33)(H,34,35,36)(H,37,38,39)/b25-23?,26-24-. The lowest BCUT2D eigenvalue weighted by Crippen LogP contribution is -2.04. The molecule has 0 bridgehead atoms. The molecule has 0 fully saturated rings. The van der Waals surface area contributed by atoms with E-state index in [1.54, 1.807) is 0 Å². The Morgan fingerprint density at radius 2 is 1.21 bits per heavy atom. The number of anilines is 1. The summed E-state index contributed by atoms with van der Waals surface area (Å²) in [5.74, 6) is -1.14. The molecule has 0 aliphatic rings. The van der Waals surface area contributed by atoms with Gasteiger partial charge in [-0.05, 0) is 29.7 Å². The second kappa shape index (κ2) is 10.5. The number of phenols is 1. The summed E-state index contributed by atoms with van der Waals surface area (Å²) in [7, 11) is -19.3. The van der Waals surface area contributed by atoms with Gasteiger partial charge in [0.15, 0.2) is 5.75 Å². The van der Waals surface area contributed by atoms with Crippen molar-refractivity contribution in [2.45, 2.75) is 19.6 Å². The number of nitrogen functional groups attached to an aromatic ring is 1. The monoisotopic (exact) mass is 675 g/mol. The minimum Gasteiger partial charge on any atom is -0.505 e. The maximum absolute atomic E-state index is 12.3. The molecule has 0 unspecified atom stereocenters. The zero-order valence-electron chi connectivity index (χ0n) is 21.0. The van der Waals surface area contributed by atoms with Gasteiger partial charge in [-0.15, -0.1) is 10.2 Å². The maximum Gasteiger partial charge on any atom is 0.297 e. The molecule has 22 heteroatoms. The smallest absolute Gasteiger partial charge is 0.297 e. The number of aromatic hydroxyl groups is 1. The van der Waals surface area contributed by atoms with Crippen LogP contribution in [0.4, 0.5) is 22.7 Å². The molecule has 0 aliphatic heterocycles. The molecular formula is C21H17N5O13S4. The molecule has 0 saturated carbocycles. The molecule has 0 aromatic heterocycles. The van der Waals surface area contributed by atoms with E-state index in [2.05, 4.69) is 20.5 Å². The summed E-state index contributed by atoms with van der Waals surface area (Å²) in [5.41, 5.74) is 2.90. The van der Waals surface area contributed by atoms with E-state index in [0.29, 0.717) is 12.1 Å². The van der Waals surface area contributed by atoms with Gasteiger partial charge in [-0.25, -0.2) is 0 Å². The highest BCUT2D eigenvalue weighted by Gasteiger charge is 2.29. The van der Waals surface area contributed by atoms with Crippen LogP contribution in [0.3, 0.4) is 0 Å². The molecule has 0 saturated heterocycles. The van der Waals surface area contributed by atoms with Gasteiger partial charge in [-0.1, -0.05) is 18.2 Å². The van der Waals surface area contributed by atoms with E-state index in [1.165, 1.54) is 0 Å². The fraction of sp³-hybridized carbons (Fsp3) is 0.0476. The second-order valence-corrected chi connectivity index (χ2v) is 14.0. The van der Waals surface area contributed by atoms with Crippen molar-refractivity contribution in [3.05, 3.63) is 42.5 Å². The Morgan fingerprint density at radius 1 is 0.651 bits per heavy atom. The summed E-state index contributed by atoms with van der Waals surface area (Å²) >= 11 is 0. The van der Waals surface area contributed by atoms with Crippen molar-refractivity contribution < 1.29 is 57.0 Å². The third-order valence-electron chi connectivity index (χ3n) is 5.81. The Hall–Kier alpha value is -4.16. The Bertz CT molecular complexity index is 2370. The molecule has 0 radical (unpaired) electrons. The molecule has 0 spiro atoms. The first-order valence-electron chi connectivity index (χ1n) is 11.0. The molecule has 18 nitrogen and oxygen atoms in total. The molecule has 4 rings (SSSR count). The van der Waals surface area contributed by atoms with Crippen molar-refractivity contribution in [1.82, 2.24) is 0 Å². The van der Waals surface area contributed by atoms with Crippen LogP contribution in [0.25, 0.3) is 21.5 Å². The molecule has 43 heavy (non-hydrogen) atoms. The first-order valence-corrected chi connectivity index (χ1v) is 16.7. The van der Waals surface area contributed by atoms with Crippen LogP contribution in [0, 0.1) is 0 Å². The predicted molar refractivity (Wildman–Crippen MR) is 148 cm³/mol. The quantitative estimate of drug-likeness (QED) is 0.0929. The van der Waals surface area contributed by atoms with Crippen LogP contribution in [-0.2, 0) is 40.5 Å². The summed E-state index contributed by atoms with van der Waals surface area (Å²) < 4.78 is 135. The molecule has 0 atom stereocenters. The van der Waals surface area contributed by atoms with Gasteiger partial charge < -0.3 is 10.8 Å². The lowest BCUT2D eigenvalue weighted by Gasteiger charge is -2.14. The lowest BCUT2D eigenvalue weighted by molar-refractivity contribution is 0.472. The minimum absolute atomic E-state index is 0.358. The van der Waals surface area contributed by atoms with Crippen LogP contribution in [0.15, 0.2) is 82.5 Å². The predicted octanol–water partition coefficient (Wildman–Crippen LogP) is 3.40. The van der Waals surface area contributed by atoms with E-state index in [-0.39, 0.29) is 5.39 Å². The lowest BCUT2D eigenvalue weighted by atomic mass is 10.1. The number of azo groups is 2. The number of rotatable bonds is 7. The third kappa shape index (κ3) is 5.89. The topological polar surface area (TPSA) is 313 Å². The minimum atomic E-state index is -5.30. The van der Waals surface area contributed by atoms with Crippen molar-refractivity contribution in [2.24, 2.45) is 20.5 Å². The molecular weight excluding hydrogens is 659 g/mol. The number of nitrogens with two attached hydrogens (primary N) is 1. The number of hydrogen-bond donors (Lipinski definition) is 6. The van der Waals surface area contributed by atoms with Gasteiger partial charge in [0.2, 0.25) is 0 Å². The van der Waals surface area contributed by atoms with Gasteiger partial charge >= 0.3 is 0 Å². The fourth-order valence-corrected chi connectivity index (χ4v) is 7.04. The normalized spacial score (nSPS) is 13.5. The van der Waals surface area contributed by atoms with Crippen LogP contribution in [0.1, 0.15) is 0 Å². The number of hydrogen-bond acceptors (Lipinski definition) is 14. The SMILES string of the molecule is CN=Nc1c(S(=O)(=O)O)cc2cc(S(=O)(=O)O)c(/N=N\c3ccc4c(S(=O)(=O)O)cccc4c3S(=O)(=O)O)c(O)c2c1N. The molecule has 0 heterocycles. The van der Waals surface area contributed by atoms with Crippen molar-refractivity contribution in [2.75, 3.05) is 12.8 Å². The van der Waals surface area contributed by atoms with Gasteiger partial charge in [0.05, 0.1) is 11.1 Å². The summed E-state index contributed by atoms with van der Waals surface area (Å²) in [6, 6.07) is 6.15. The zero-order valence-corrected chi connectivity index (χ0v) is 24.3. The Morgan fingerprint density at radius 3 is 1.72 bits per heavy atom. The van der Waals surface area contributed by atoms with E-state index < -0.39 is 105 Å². The Kier molecular flexibility index (Phi) is 7.78. The molecule has 7 N–H and O–H groups in total. The second-order valence-electron chi connectivity index (χ2n) is 8.47. The largest absolute Gasteiger partial charge is 0.505 e. The van der Waals surface area contributed by atoms with Gasteiger partial charge in [0.1, 0.15) is 36.6 Å². The van der Waals surface area contributed by atoms with Gasteiger partial charge in [0.25, 0.3) is 40.5 Å². The Balaban J connectivity index is 2.12. The van der Waals surface area contributed by atoms with Crippen LogP contribution in [0.2, 0.25) is 0 Å². The molecule has 0 aliphatic carbocycles. The van der Waals surface area contributed by atoms with Gasteiger partial charge in [-0.3, -0.25) is 18.2 Å². The van der Waals surface area contributed by atoms with Crippen molar-refractivity contribution >= 4 is 84.8 Å².